The fourth-order valence-corrected chi connectivity index (χ4v) is 9.38. The Bertz CT molecular complexity index is 2770. The number of ether oxygens (including phenoxy) is 9. The topological polar surface area (TPSA) is 129 Å². The second kappa shape index (κ2) is 23.6. The van der Waals surface area contributed by atoms with E-state index in [2.05, 4.69) is 17.4 Å². The van der Waals surface area contributed by atoms with E-state index in [1.54, 1.807) is 24.3 Å². The lowest BCUT2D eigenvalue weighted by Crippen LogP contribution is -2.68. The van der Waals surface area contributed by atoms with Gasteiger partial charge in [0.2, 0.25) is 5.91 Å². The van der Waals surface area contributed by atoms with Gasteiger partial charge in [0.15, 0.2) is 18.7 Å². The van der Waals surface area contributed by atoms with Crippen LogP contribution in [-0.4, -0.2) is 86.4 Å². The summed E-state index contributed by atoms with van der Waals surface area (Å²) in [5.74, 6) is -0.968. The average Bonchev–Trinajstić information content (AvgIpc) is 3.86. The van der Waals surface area contributed by atoms with E-state index in [0.717, 1.165) is 38.6 Å². The Morgan fingerprint density at radius 3 is 1.72 bits per heavy atom. The van der Waals surface area contributed by atoms with E-state index in [1.807, 2.05) is 158 Å². The fourth-order valence-electron chi connectivity index (χ4n) is 9.38. The number of hydrogen-bond donors (Lipinski definition) is 1. The van der Waals surface area contributed by atoms with Gasteiger partial charge < -0.3 is 47.9 Å². The van der Waals surface area contributed by atoms with Crippen molar-refractivity contribution in [3.63, 3.8) is 0 Å². The Balaban J connectivity index is 1.03. The zero-order valence-electron chi connectivity index (χ0n) is 39.2. The summed E-state index contributed by atoms with van der Waals surface area (Å²) >= 11 is 0. The van der Waals surface area contributed by atoms with Crippen molar-refractivity contribution in [3.8, 4) is 0 Å². The lowest BCUT2D eigenvalue weighted by Gasteiger charge is -2.48. The zero-order chi connectivity index (χ0) is 48.2. The molecule has 12 heteroatoms. The molecule has 0 aromatic heterocycles. The van der Waals surface area contributed by atoms with Gasteiger partial charge in [0.05, 0.1) is 51.6 Å². The lowest BCUT2D eigenvalue weighted by atomic mass is 9.94. The van der Waals surface area contributed by atoms with Crippen LogP contribution in [0.15, 0.2) is 194 Å². The van der Waals surface area contributed by atoms with Crippen LogP contribution >= 0.6 is 0 Å². The molecule has 0 unspecified atom stereocenters. The third-order valence-corrected chi connectivity index (χ3v) is 13.0. The van der Waals surface area contributed by atoms with E-state index in [-0.39, 0.29) is 52.0 Å². The molecular weight excluding hydrogens is 899 g/mol. The van der Waals surface area contributed by atoms with Gasteiger partial charge in [-0.2, -0.15) is 0 Å². The Labute approximate surface area is 413 Å². The van der Waals surface area contributed by atoms with Gasteiger partial charge in [0.25, 0.3) is 0 Å². The lowest BCUT2D eigenvalue weighted by molar-refractivity contribution is -0.330. The van der Waals surface area contributed by atoms with Crippen molar-refractivity contribution in [2.24, 2.45) is 0 Å². The number of benzene rings is 7. The minimum atomic E-state index is -1.28. The van der Waals surface area contributed by atoms with E-state index < -0.39 is 67.3 Å². The first-order valence-corrected chi connectivity index (χ1v) is 24.2. The molecule has 7 aromatic rings. The number of carbonyl (C=O) groups is 2. The molecule has 10 atom stereocenters. The third kappa shape index (κ3) is 12.3. The van der Waals surface area contributed by atoms with Crippen LogP contribution in [0.1, 0.15) is 38.2 Å². The number of rotatable bonds is 20. The molecule has 1 N–H and O–H groups in total. The predicted molar refractivity (Wildman–Crippen MR) is 265 cm³/mol. The van der Waals surface area contributed by atoms with Crippen LogP contribution in [0.3, 0.4) is 0 Å². The molecule has 2 bridgehead atoms. The monoisotopic (exact) mass is 955 g/mol. The molecule has 3 aliphatic rings. The molecule has 364 valence electrons. The van der Waals surface area contributed by atoms with E-state index in [4.69, 9.17) is 42.6 Å². The minimum absolute atomic E-state index is 0.00768. The Kier molecular flexibility index (Phi) is 15.9. The van der Waals surface area contributed by atoms with E-state index in [0.29, 0.717) is 5.56 Å². The molecule has 12 nitrogen and oxygen atoms in total. The summed E-state index contributed by atoms with van der Waals surface area (Å²) in [5.41, 5.74) is 4.86. The predicted octanol–water partition coefficient (Wildman–Crippen LogP) is 8.93. The van der Waals surface area contributed by atoms with Crippen molar-refractivity contribution in [1.29, 1.82) is 0 Å². The standard InChI is InChI=1S/C59H57NO11/c61-50(33-40-18-6-1-7-19-40)60-51-54(70-57(62)46-27-14-5-15-28-46)52(64-37-44-30-31-45-26-16-17-29-47(45)32-44)48(38-63-34-41-20-8-2-9-21-41)68-58(51)71-53-49-39-67-59(69-49)56(66-36-43-24-12-4-13-25-43)55(53)65-35-42-22-10-3-11-23-42/h1-32,48-49,51-56,58-59H,33-39H2,(H,60,61)/t48-,49+,51-,52-,53+,54-,55-,56-,58-,59-/m1/s1. The van der Waals surface area contributed by atoms with E-state index >= 15 is 0 Å². The van der Waals surface area contributed by atoms with Gasteiger partial charge in [-0.25, -0.2) is 4.79 Å². The molecule has 1 amide bonds. The molecule has 0 radical (unpaired) electrons. The van der Waals surface area contributed by atoms with Gasteiger partial charge >= 0.3 is 5.97 Å². The average molecular weight is 956 g/mol. The first-order valence-electron chi connectivity index (χ1n) is 24.2. The number of carbonyl (C=O) groups excluding carboxylic acids is 2. The molecule has 0 saturated carbocycles. The maximum Gasteiger partial charge on any atom is 0.338 e. The number of esters is 1. The molecule has 71 heavy (non-hydrogen) atoms. The Morgan fingerprint density at radius 1 is 0.507 bits per heavy atom. The molecule has 3 saturated heterocycles. The van der Waals surface area contributed by atoms with Crippen LogP contribution in [0, 0.1) is 0 Å². The molecule has 10 rings (SSSR count). The van der Waals surface area contributed by atoms with Crippen molar-refractivity contribution in [3.05, 3.63) is 228 Å². The molecule has 0 spiro atoms. The first kappa shape index (κ1) is 48.1. The smallest absolute Gasteiger partial charge is 0.338 e. The molecular formula is C59H57NO11. The van der Waals surface area contributed by atoms with Gasteiger partial charge in [-0.05, 0) is 56.8 Å². The van der Waals surface area contributed by atoms with Crippen molar-refractivity contribution in [1.82, 2.24) is 5.32 Å². The second-order valence-corrected chi connectivity index (χ2v) is 18.0. The van der Waals surface area contributed by atoms with Crippen molar-refractivity contribution >= 4 is 22.6 Å². The van der Waals surface area contributed by atoms with Gasteiger partial charge in [-0.1, -0.05) is 176 Å². The molecule has 3 fully saturated rings. The first-order chi connectivity index (χ1) is 35.0. The van der Waals surface area contributed by atoms with Crippen LogP contribution in [-0.2, 0) is 80.3 Å². The summed E-state index contributed by atoms with van der Waals surface area (Å²) < 4.78 is 60.6. The van der Waals surface area contributed by atoms with Gasteiger partial charge in [-0.15, -0.1) is 0 Å². The van der Waals surface area contributed by atoms with Crippen molar-refractivity contribution in [2.75, 3.05) is 13.2 Å². The van der Waals surface area contributed by atoms with Crippen molar-refractivity contribution < 1.29 is 52.2 Å². The quantitative estimate of drug-likeness (QED) is 0.0736. The molecule has 3 heterocycles. The summed E-state index contributed by atoms with van der Waals surface area (Å²) in [5, 5.41) is 5.35. The highest BCUT2D eigenvalue weighted by Gasteiger charge is 2.57. The fraction of sp³-hybridized carbons (Fsp3) is 0.288. The van der Waals surface area contributed by atoms with Crippen LogP contribution in [0.4, 0.5) is 0 Å². The highest BCUT2D eigenvalue weighted by atomic mass is 16.8. The van der Waals surface area contributed by atoms with E-state index in [9.17, 15) is 9.59 Å². The summed E-state index contributed by atoms with van der Waals surface area (Å²) in [6, 6.07) is 60.8. The summed E-state index contributed by atoms with van der Waals surface area (Å²) in [6.07, 6.45) is -8.06. The number of amides is 1. The maximum absolute atomic E-state index is 14.4. The largest absolute Gasteiger partial charge is 0.453 e. The molecule has 7 aromatic carbocycles. The molecule has 3 aliphatic heterocycles. The normalized spacial score (nSPS) is 24.8. The zero-order valence-corrected chi connectivity index (χ0v) is 39.2. The Hall–Kier alpha value is -6.58. The number of nitrogens with one attached hydrogen (secondary N) is 1. The summed E-state index contributed by atoms with van der Waals surface area (Å²) in [4.78, 5) is 28.9. The maximum atomic E-state index is 14.4. The van der Waals surface area contributed by atoms with Gasteiger partial charge in [0, 0.05) is 0 Å². The van der Waals surface area contributed by atoms with Crippen LogP contribution in [0.25, 0.3) is 10.8 Å². The highest BCUT2D eigenvalue weighted by molar-refractivity contribution is 5.89. The highest BCUT2D eigenvalue weighted by Crippen LogP contribution is 2.38. The van der Waals surface area contributed by atoms with E-state index in [1.165, 1.54) is 0 Å². The SMILES string of the molecule is O=C(Cc1ccccc1)N[C@H]1[C@@H](O[C@@H]2[C@@H](OCc3ccccc3)[C@@H](OCc3ccccc3)[C@@H]3OC[C@@H]2O3)O[C@H](COCc2ccccc2)[C@@H](OCc2ccc3ccccc3c2)[C@@H]1OC(=O)c1ccccc1. The second-order valence-electron chi connectivity index (χ2n) is 18.0. The number of fused-ring (bicyclic) bond motifs is 3. The van der Waals surface area contributed by atoms with Gasteiger partial charge in [0.1, 0.15) is 42.7 Å². The van der Waals surface area contributed by atoms with Crippen LogP contribution in [0.2, 0.25) is 0 Å². The Morgan fingerprint density at radius 2 is 1.06 bits per heavy atom. The number of hydrogen-bond acceptors (Lipinski definition) is 11. The van der Waals surface area contributed by atoms with Crippen LogP contribution < -0.4 is 5.32 Å². The summed E-state index contributed by atoms with van der Waals surface area (Å²) in [7, 11) is 0. The van der Waals surface area contributed by atoms with Crippen molar-refractivity contribution in [2.45, 2.75) is 94.2 Å². The van der Waals surface area contributed by atoms with Crippen LogP contribution in [0.5, 0.6) is 0 Å². The summed E-state index contributed by atoms with van der Waals surface area (Å²) in [6.45, 7) is 1.06. The third-order valence-electron chi connectivity index (χ3n) is 13.0. The molecule has 0 aliphatic carbocycles. The van der Waals surface area contributed by atoms with Gasteiger partial charge in [-0.3, -0.25) is 4.79 Å². The minimum Gasteiger partial charge on any atom is -0.453 e.